The van der Waals surface area contributed by atoms with Crippen LogP contribution in [0, 0.1) is 0 Å². The molecule has 1 fully saturated rings. The van der Waals surface area contributed by atoms with E-state index < -0.39 is 0 Å². The number of anilines is 2. The summed E-state index contributed by atoms with van der Waals surface area (Å²) in [5.74, 6) is 1.36. The lowest BCUT2D eigenvalue weighted by atomic mass is 9.97. The third kappa shape index (κ3) is 5.10. The number of nitrogens with one attached hydrogen (secondary N) is 1. The quantitative estimate of drug-likeness (QED) is 0.757. The molecule has 0 radical (unpaired) electrons. The van der Waals surface area contributed by atoms with E-state index in [9.17, 15) is 4.79 Å². The average Bonchev–Trinajstić information content (AvgIpc) is 2.78. The van der Waals surface area contributed by atoms with Gasteiger partial charge in [-0.1, -0.05) is 38.1 Å². The van der Waals surface area contributed by atoms with E-state index in [-0.39, 0.29) is 11.9 Å². The highest BCUT2D eigenvalue weighted by atomic mass is 16.5. The summed E-state index contributed by atoms with van der Waals surface area (Å²) >= 11 is 0. The van der Waals surface area contributed by atoms with E-state index in [1.807, 2.05) is 37.3 Å². The van der Waals surface area contributed by atoms with Crippen LogP contribution in [0.15, 0.2) is 48.5 Å². The first-order valence-corrected chi connectivity index (χ1v) is 10.6. The van der Waals surface area contributed by atoms with Crippen molar-refractivity contribution in [2.24, 2.45) is 0 Å². The van der Waals surface area contributed by atoms with Crippen LogP contribution in [-0.2, 0) is 4.79 Å². The number of nitrogens with zero attached hydrogens (tertiary/aromatic N) is 2. The topological polar surface area (TPSA) is 44.8 Å². The van der Waals surface area contributed by atoms with Gasteiger partial charge >= 0.3 is 0 Å². The molecule has 1 N–H and O–H groups in total. The highest BCUT2D eigenvalue weighted by Gasteiger charge is 2.26. The predicted molar refractivity (Wildman–Crippen MR) is 120 cm³/mol. The van der Waals surface area contributed by atoms with Crippen LogP contribution in [0.25, 0.3) is 0 Å². The maximum absolute atomic E-state index is 12.9. The summed E-state index contributed by atoms with van der Waals surface area (Å²) in [4.78, 5) is 17.5. The Bertz CT molecular complexity index is 815. The summed E-state index contributed by atoms with van der Waals surface area (Å²) in [6, 6.07) is 16.1. The van der Waals surface area contributed by atoms with Crippen LogP contribution in [-0.4, -0.2) is 50.1 Å². The zero-order valence-corrected chi connectivity index (χ0v) is 18.0. The van der Waals surface area contributed by atoms with E-state index in [1.165, 1.54) is 11.3 Å². The summed E-state index contributed by atoms with van der Waals surface area (Å²) in [5, 5.41) is 3.17. The van der Waals surface area contributed by atoms with Crippen molar-refractivity contribution in [2.45, 2.75) is 39.2 Å². The summed E-state index contributed by atoms with van der Waals surface area (Å²) in [5.41, 5.74) is 3.32. The third-order valence-electron chi connectivity index (χ3n) is 6.02. The van der Waals surface area contributed by atoms with Crippen molar-refractivity contribution in [1.82, 2.24) is 4.90 Å². The molecule has 5 heteroatoms. The molecule has 1 saturated heterocycles. The molecule has 0 unspecified atom stereocenters. The second-order valence-electron chi connectivity index (χ2n) is 7.79. The van der Waals surface area contributed by atoms with Crippen LogP contribution in [0.5, 0.6) is 5.75 Å². The highest BCUT2D eigenvalue weighted by molar-refractivity contribution is 5.95. The molecule has 0 aliphatic carbocycles. The summed E-state index contributed by atoms with van der Waals surface area (Å²) in [6.07, 6.45) is 1.05. The zero-order chi connectivity index (χ0) is 20.8. The van der Waals surface area contributed by atoms with Crippen molar-refractivity contribution in [3.8, 4) is 5.75 Å². The van der Waals surface area contributed by atoms with E-state index >= 15 is 0 Å². The number of benzene rings is 2. The van der Waals surface area contributed by atoms with Crippen LogP contribution in [0.4, 0.5) is 11.4 Å². The van der Waals surface area contributed by atoms with E-state index in [1.54, 1.807) is 7.11 Å². The minimum Gasteiger partial charge on any atom is -0.497 e. The fourth-order valence-corrected chi connectivity index (χ4v) is 3.84. The zero-order valence-electron chi connectivity index (χ0n) is 18.0. The lowest BCUT2D eigenvalue weighted by Gasteiger charge is -2.38. The first-order chi connectivity index (χ1) is 14.0. The van der Waals surface area contributed by atoms with E-state index in [4.69, 9.17) is 4.74 Å². The number of carbonyl (C=O) groups excluding carboxylic acids is 1. The number of amides is 1. The van der Waals surface area contributed by atoms with Crippen molar-refractivity contribution < 1.29 is 9.53 Å². The van der Waals surface area contributed by atoms with Crippen LogP contribution >= 0.6 is 0 Å². The molecule has 0 spiro atoms. The summed E-state index contributed by atoms with van der Waals surface area (Å²) < 4.78 is 5.34. The maximum Gasteiger partial charge on any atom is 0.241 e. The highest BCUT2D eigenvalue weighted by Crippen LogP contribution is 2.27. The molecular formula is C24H33N3O2. The van der Waals surface area contributed by atoms with Gasteiger partial charge in [-0.2, -0.15) is 0 Å². The largest absolute Gasteiger partial charge is 0.497 e. The Morgan fingerprint density at radius 3 is 2.48 bits per heavy atom. The van der Waals surface area contributed by atoms with Gasteiger partial charge in [0.2, 0.25) is 5.91 Å². The van der Waals surface area contributed by atoms with Gasteiger partial charge in [-0.25, -0.2) is 0 Å². The monoisotopic (exact) mass is 395 g/mol. The van der Waals surface area contributed by atoms with E-state index in [2.05, 4.69) is 47.2 Å². The second kappa shape index (κ2) is 9.79. The molecule has 2 aromatic carbocycles. The molecule has 3 rings (SSSR count). The Morgan fingerprint density at radius 2 is 1.79 bits per heavy atom. The molecule has 0 saturated carbocycles. The van der Waals surface area contributed by atoms with E-state index in [0.717, 1.165) is 44.0 Å². The van der Waals surface area contributed by atoms with Gasteiger partial charge < -0.3 is 15.0 Å². The van der Waals surface area contributed by atoms with Gasteiger partial charge in [0.25, 0.3) is 0 Å². The van der Waals surface area contributed by atoms with Crippen LogP contribution in [0.2, 0.25) is 0 Å². The first-order valence-electron chi connectivity index (χ1n) is 10.6. The molecule has 2 atom stereocenters. The van der Waals surface area contributed by atoms with Crippen LogP contribution < -0.4 is 15.0 Å². The van der Waals surface area contributed by atoms with Crippen molar-refractivity contribution in [2.75, 3.05) is 43.5 Å². The molecule has 0 bridgehead atoms. The van der Waals surface area contributed by atoms with Crippen molar-refractivity contribution in [1.29, 1.82) is 0 Å². The molecule has 1 aliphatic rings. The Balaban J connectivity index is 1.59. The number of piperazine rings is 1. The summed E-state index contributed by atoms with van der Waals surface area (Å²) in [6.45, 7) is 9.89. The fraction of sp³-hybridized carbons (Fsp3) is 0.458. The third-order valence-corrected chi connectivity index (χ3v) is 6.02. The van der Waals surface area contributed by atoms with Gasteiger partial charge in [0.1, 0.15) is 5.75 Å². The molecular weight excluding hydrogens is 362 g/mol. The Labute approximate surface area is 174 Å². The summed E-state index contributed by atoms with van der Waals surface area (Å²) in [7, 11) is 1.69. The first kappa shape index (κ1) is 21.2. The number of hydrogen-bond acceptors (Lipinski definition) is 4. The van der Waals surface area contributed by atoms with Crippen molar-refractivity contribution in [3.05, 3.63) is 54.1 Å². The van der Waals surface area contributed by atoms with Gasteiger partial charge in [0.05, 0.1) is 13.2 Å². The Morgan fingerprint density at radius 1 is 1.07 bits per heavy atom. The average molecular weight is 396 g/mol. The Hall–Kier alpha value is -2.53. The lowest BCUT2D eigenvalue weighted by Crippen LogP contribution is -2.52. The molecule has 29 heavy (non-hydrogen) atoms. The minimum atomic E-state index is -0.160. The van der Waals surface area contributed by atoms with Gasteiger partial charge in [-0.05, 0) is 43.0 Å². The number of para-hydroxylation sites is 1. The number of rotatable bonds is 7. The van der Waals surface area contributed by atoms with Gasteiger partial charge in [-0.15, -0.1) is 0 Å². The SMILES string of the molecule is CC[C@@H](C)c1ccccc1NC(=O)[C@@H](C)N1CCN(c2cccc(OC)c2)CC1. The number of ether oxygens (including phenoxy) is 1. The number of hydrogen-bond donors (Lipinski definition) is 1. The minimum absolute atomic E-state index is 0.0654. The van der Waals surface area contributed by atoms with Crippen molar-refractivity contribution >= 4 is 17.3 Å². The fourth-order valence-electron chi connectivity index (χ4n) is 3.84. The number of carbonyl (C=O) groups is 1. The molecule has 1 heterocycles. The number of methoxy groups -OCH3 is 1. The molecule has 1 aliphatic heterocycles. The molecule has 2 aromatic rings. The maximum atomic E-state index is 12.9. The van der Waals surface area contributed by atoms with Crippen LogP contribution in [0.3, 0.4) is 0 Å². The molecule has 156 valence electrons. The standard InChI is InChI=1S/C24H33N3O2/c1-5-18(2)22-11-6-7-12-23(22)25-24(28)19(3)26-13-15-27(16-14-26)20-9-8-10-21(17-20)29-4/h6-12,17-19H,5,13-16H2,1-4H3,(H,25,28)/t18-,19-/m1/s1. The van der Waals surface area contributed by atoms with Crippen molar-refractivity contribution in [3.63, 3.8) is 0 Å². The van der Waals surface area contributed by atoms with Crippen LogP contribution in [0.1, 0.15) is 38.7 Å². The normalized spacial score (nSPS) is 16.9. The Kier molecular flexibility index (Phi) is 7.15. The second-order valence-corrected chi connectivity index (χ2v) is 7.79. The van der Waals surface area contributed by atoms with Gasteiger partial charge in [0.15, 0.2) is 0 Å². The van der Waals surface area contributed by atoms with Gasteiger partial charge in [-0.3, -0.25) is 9.69 Å². The smallest absolute Gasteiger partial charge is 0.241 e. The van der Waals surface area contributed by atoms with E-state index in [0.29, 0.717) is 5.92 Å². The molecule has 5 nitrogen and oxygen atoms in total. The molecule has 1 amide bonds. The molecule has 0 aromatic heterocycles. The predicted octanol–water partition coefficient (Wildman–Crippen LogP) is 4.36. The van der Waals surface area contributed by atoms with Gasteiger partial charge in [0, 0.05) is 43.6 Å². The lowest BCUT2D eigenvalue weighted by molar-refractivity contribution is -0.120.